The van der Waals surface area contributed by atoms with Crippen LogP contribution >= 0.6 is 0 Å². The summed E-state index contributed by atoms with van der Waals surface area (Å²) >= 11 is -2.88. The van der Waals surface area contributed by atoms with Gasteiger partial charge in [-0.2, -0.15) is 0 Å². The third-order valence-electron chi connectivity index (χ3n) is 10.3. The molecule has 1 unspecified atom stereocenters. The monoisotopic (exact) mass is 676 g/mol. The summed E-state index contributed by atoms with van der Waals surface area (Å²) in [6, 6.07) is 44.7. The molecule has 5 aromatic rings. The minimum atomic E-state index is -2.88. The SMILES string of the molecule is CC1=C[CH]([Zr](=[C](c2ccccc2)c2ccccc2)[CH]2c3cc(C(C)(C)C)ccc3-c3ccc(C(C)(C)C)cc32)c2cccc(C)c21. The Bertz CT molecular complexity index is 1910. The van der Waals surface area contributed by atoms with Gasteiger partial charge in [-0.3, -0.25) is 0 Å². The van der Waals surface area contributed by atoms with E-state index in [4.69, 9.17) is 0 Å². The van der Waals surface area contributed by atoms with Crippen LogP contribution in [0.3, 0.4) is 0 Å². The predicted molar refractivity (Wildman–Crippen MR) is 195 cm³/mol. The Morgan fingerprint density at radius 2 is 1.04 bits per heavy atom. The van der Waals surface area contributed by atoms with Crippen LogP contribution in [0.25, 0.3) is 16.7 Å². The fourth-order valence-electron chi connectivity index (χ4n) is 7.89. The molecule has 0 nitrogen and oxygen atoms in total. The molecule has 46 heavy (non-hydrogen) atoms. The number of hydrogen-bond donors (Lipinski definition) is 0. The second-order valence-electron chi connectivity index (χ2n) is 15.5. The van der Waals surface area contributed by atoms with Gasteiger partial charge in [0.05, 0.1) is 0 Å². The molecule has 1 atom stereocenters. The molecule has 7 rings (SSSR count). The second kappa shape index (κ2) is 11.7. The summed E-state index contributed by atoms with van der Waals surface area (Å²) in [6.45, 7) is 18.8. The van der Waals surface area contributed by atoms with Crippen LogP contribution in [0.1, 0.15) is 106 Å². The molecule has 1 heteroatoms. The van der Waals surface area contributed by atoms with E-state index in [1.54, 1.807) is 19.9 Å². The second-order valence-corrected chi connectivity index (χ2v) is 21.9. The molecule has 0 aliphatic heterocycles. The summed E-state index contributed by atoms with van der Waals surface area (Å²) in [6.07, 6.45) is 2.68. The molecule has 2 aliphatic carbocycles. The summed E-state index contributed by atoms with van der Waals surface area (Å²) in [5.41, 5.74) is 17.7. The van der Waals surface area contributed by atoms with Gasteiger partial charge in [0.15, 0.2) is 0 Å². The Hall–Kier alpha value is -3.41. The zero-order valence-electron chi connectivity index (χ0n) is 28.7. The number of aryl methyl sites for hydroxylation is 1. The number of allylic oxidation sites excluding steroid dienone is 2. The van der Waals surface area contributed by atoms with Crippen molar-refractivity contribution in [1.29, 1.82) is 0 Å². The summed E-state index contributed by atoms with van der Waals surface area (Å²) in [4.78, 5) is 0. The number of hydrogen-bond acceptors (Lipinski definition) is 0. The van der Waals surface area contributed by atoms with Crippen molar-refractivity contribution in [3.63, 3.8) is 0 Å². The van der Waals surface area contributed by atoms with E-state index in [1.807, 2.05) is 0 Å². The van der Waals surface area contributed by atoms with Gasteiger partial charge in [-0.1, -0.05) is 0 Å². The normalized spacial score (nSPS) is 15.7. The van der Waals surface area contributed by atoms with Gasteiger partial charge in [0, 0.05) is 0 Å². The van der Waals surface area contributed by atoms with E-state index in [0.717, 1.165) is 0 Å². The van der Waals surface area contributed by atoms with E-state index in [1.165, 1.54) is 50.1 Å². The van der Waals surface area contributed by atoms with Gasteiger partial charge < -0.3 is 0 Å². The Labute approximate surface area is 284 Å². The van der Waals surface area contributed by atoms with Crippen LogP contribution < -0.4 is 0 Å². The molecule has 5 aromatic carbocycles. The molecule has 0 amide bonds. The molecule has 2 aliphatic rings. The first-order valence-corrected chi connectivity index (χ1v) is 20.9. The zero-order valence-corrected chi connectivity index (χ0v) is 31.2. The summed E-state index contributed by atoms with van der Waals surface area (Å²) in [5.74, 6) is 0. The first-order valence-electron chi connectivity index (χ1n) is 16.9. The van der Waals surface area contributed by atoms with E-state index in [0.29, 0.717) is 7.25 Å². The van der Waals surface area contributed by atoms with Gasteiger partial charge in [0.25, 0.3) is 0 Å². The first kappa shape index (κ1) is 31.2. The molecule has 0 fully saturated rings. The molecule has 0 bridgehead atoms. The molecule has 0 N–H and O–H groups in total. The summed E-state index contributed by atoms with van der Waals surface area (Å²) in [7, 11) is 0. The van der Waals surface area contributed by atoms with E-state index in [2.05, 4.69) is 177 Å². The zero-order chi connectivity index (χ0) is 32.4. The Kier molecular flexibility index (Phi) is 7.93. The van der Waals surface area contributed by atoms with Crippen LogP contribution in [0, 0.1) is 6.92 Å². The topological polar surface area (TPSA) is 0 Å². The molecule has 0 saturated carbocycles. The fourth-order valence-corrected chi connectivity index (χ4v) is 18.0. The Morgan fingerprint density at radius 1 is 0.543 bits per heavy atom. The van der Waals surface area contributed by atoms with E-state index < -0.39 is 21.3 Å². The van der Waals surface area contributed by atoms with Gasteiger partial charge in [-0.05, 0) is 0 Å². The molecular formula is C45H46Zr. The molecule has 0 spiro atoms. The molecule has 0 aromatic heterocycles. The summed E-state index contributed by atoms with van der Waals surface area (Å²) in [5, 5.41) is 0. The van der Waals surface area contributed by atoms with Crippen molar-refractivity contribution >= 4 is 8.78 Å². The van der Waals surface area contributed by atoms with Crippen LogP contribution in [0.5, 0.6) is 0 Å². The predicted octanol–water partition coefficient (Wildman–Crippen LogP) is 11.7. The number of benzene rings is 5. The molecule has 0 radical (unpaired) electrons. The van der Waals surface area contributed by atoms with Crippen molar-refractivity contribution in [2.75, 3.05) is 0 Å². The third kappa shape index (κ3) is 5.40. The Balaban J connectivity index is 1.65. The van der Waals surface area contributed by atoms with Crippen LogP contribution in [0.4, 0.5) is 0 Å². The van der Waals surface area contributed by atoms with Gasteiger partial charge in [0.2, 0.25) is 0 Å². The maximum atomic E-state index is 2.68. The van der Waals surface area contributed by atoms with Crippen molar-refractivity contribution in [3.8, 4) is 11.1 Å². The van der Waals surface area contributed by atoms with E-state index >= 15 is 0 Å². The van der Waals surface area contributed by atoms with Crippen molar-refractivity contribution in [1.82, 2.24) is 0 Å². The average molecular weight is 678 g/mol. The van der Waals surface area contributed by atoms with Crippen molar-refractivity contribution in [3.05, 3.63) is 171 Å². The average Bonchev–Trinajstić information content (AvgIpc) is 3.54. The van der Waals surface area contributed by atoms with E-state index in [-0.39, 0.29) is 10.8 Å². The van der Waals surface area contributed by atoms with Crippen LogP contribution in [-0.4, -0.2) is 3.21 Å². The number of fused-ring (bicyclic) bond motifs is 4. The molecule has 0 heterocycles. The standard InChI is InChI=1S/C21H25.C13H10.C11H11.Zr/c1-20(2,3)16-7-9-18-14(12-16)11-15-13-17(21(4,5)6)8-10-19(15)18;1-3-7-12(8-4-1)11-13-9-5-2-6-10-13;1-8-4-3-5-10-7-6-9(2)11(8)10;/h7-13H,1-6H3;1-10H;3-7H,1-2H3;. The van der Waals surface area contributed by atoms with Crippen LogP contribution in [0.2, 0.25) is 0 Å². The van der Waals surface area contributed by atoms with Crippen molar-refractivity contribution < 1.29 is 21.3 Å². The quantitative estimate of drug-likeness (QED) is 0.178. The maximum absolute atomic E-state index is 2.88. The molecule has 230 valence electrons. The Morgan fingerprint density at radius 3 is 1.52 bits per heavy atom. The van der Waals surface area contributed by atoms with Crippen LogP contribution in [0.15, 0.2) is 121 Å². The van der Waals surface area contributed by atoms with E-state index in [9.17, 15) is 0 Å². The summed E-state index contributed by atoms with van der Waals surface area (Å²) < 4.78 is 2.43. The third-order valence-corrected chi connectivity index (χ3v) is 19.0. The first-order chi connectivity index (χ1) is 21.9. The van der Waals surface area contributed by atoms with Crippen LogP contribution in [-0.2, 0) is 32.1 Å². The van der Waals surface area contributed by atoms with Crippen molar-refractivity contribution in [2.45, 2.75) is 73.5 Å². The van der Waals surface area contributed by atoms with Gasteiger partial charge in [0.1, 0.15) is 0 Å². The number of rotatable bonds is 4. The van der Waals surface area contributed by atoms with Gasteiger partial charge in [-0.15, -0.1) is 0 Å². The van der Waals surface area contributed by atoms with Gasteiger partial charge in [-0.25, -0.2) is 0 Å². The van der Waals surface area contributed by atoms with Gasteiger partial charge >= 0.3 is 286 Å². The minimum absolute atomic E-state index is 0.0768. The molecular weight excluding hydrogens is 632 g/mol. The van der Waals surface area contributed by atoms with Crippen molar-refractivity contribution in [2.24, 2.45) is 0 Å². The molecule has 0 saturated heterocycles. The fraction of sp³-hybridized carbons (Fsp3) is 0.267.